The normalized spacial score (nSPS) is 15.5. The molecule has 3 nitrogen and oxygen atoms in total. The van der Waals surface area contributed by atoms with Crippen LogP contribution < -0.4 is 0 Å². The summed E-state index contributed by atoms with van der Waals surface area (Å²) in [5.41, 5.74) is 1.82. The lowest BCUT2D eigenvalue weighted by Gasteiger charge is -2.32. The van der Waals surface area contributed by atoms with E-state index < -0.39 is 0 Å². The van der Waals surface area contributed by atoms with Crippen molar-refractivity contribution in [3.8, 4) is 5.75 Å². The van der Waals surface area contributed by atoms with Crippen LogP contribution in [0.2, 0.25) is 0 Å². The molecule has 1 heterocycles. The maximum atomic E-state index is 13.6. The van der Waals surface area contributed by atoms with Crippen LogP contribution in [-0.2, 0) is 11.2 Å². The summed E-state index contributed by atoms with van der Waals surface area (Å²) in [6.07, 6.45) is 2.65. The predicted octanol–water partition coefficient (Wildman–Crippen LogP) is 3.87. The average Bonchev–Trinajstić information content (AvgIpc) is 2.62. The Hall–Kier alpha value is -2.36. The van der Waals surface area contributed by atoms with Crippen LogP contribution in [0.15, 0.2) is 48.5 Å². The summed E-state index contributed by atoms with van der Waals surface area (Å²) in [5.74, 6) is 0.569. The number of rotatable bonds is 4. The number of halogens is 1. The van der Waals surface area contributed by atoms with Gasteiger partial charge in [0.25, 0.3) is 0 Å². The minimum Gasteiger partial charge on any atom is -0.508 e. The zero-order chi connectivity index (χ0) is 16.9. The van der Waals surface area contributed by atoms with Gasteiger partial charge in [-0.15, -0.1) is 0 Å². The van der Waals surface area contributed by atoms with Crippen LogP contribution in [0.25, 0.3) is 0 Å². The molecule has 0 radical (unpaired) electrons. The van der Waals surface area contributed by atoms with Crippen LogP contribution >= 0.6 is 0 Å². The number of phenols is 1. The Kier molecular flexibility index (Phi) is 5.14. The molecule has 0 saturated carbocycles. The number of phenolic OH excluding ortho intramolecular Hbond substituents is 1. The molecule has 24 heavy (non-hydrogen) atoms. The second-order valence-electron chi connectivity index (χ2n) is 6.34. The molecule has 2 aromatic carbocycles. The highest BCUT2D eigenvalue weighted by Crippen LogP contribution is 2.29. The number of amides is 1. The molecule has 0 atom stereocenters. The van der Waals surface area contributed by atoms with Crippen LogP contribution in [0.1, 0.15) is 36.3 Å². The van der Waals surface area contributed by atoms with Crippen molar-refractivity contribution < 1.29 is 14.3 Å². The third-order valence-electron chi connectivity index (χ3n) is 4.78. The van der Waals surface area contributed by atoms with Crippen molar-refractivity contribution in [2.45, 2.75) is 31.6 Å². The number of hydrogen-bond donors (Lipinski definition) is 1. The Morgan fingerprint density at radius 2 is 1.75 bits per heavy atom. The van der Waals surface area contributed by atoms with Gasteiger partial charge in [-0.05, 0) is 54.5 Å². The third-order valence-corrected chi connectivity index (χ3v) is 4.78. The van der Waals surface area contributed by atoms with E-state index in [1.54, 1.807) is 30.3 Å². The van der Waals surface area contributed by atoms with Gasteiger partial charge in [-0.25, -0.2) is 4.39 Å². The molecular formula is C20H22FNO2. The summed E-state index contributed by atoms with van der Waals surface area (Å²) in [6.45, 7) is 1.48. The molecule has 0 bridgehead atoms. The van der Waals surface area contributed by atoms with Gasteiger partial charge in [0.2, 0.25) is 5.91 Å². The quantitative estimate of drug-likeness (QED) is 0.926. The molecule has 1 amide bonds. The van der Waals surface area contributed by atoms with Crippen molar-refractivity contribution in [3.63, 3.8) is 0 Å². The van der Waals surface area contributed by atoms with Crippen molar-refractivity contribution in [1.82, 2.24) is 4.90 Å². The second-order valence-corrected chi connectivity index (χ2v) is 6.34. The Balaban J connectivity index is 1.50. The Bertz CT molecular complexity index is 691. The summed E-state index contributed by atoms with van der Waals surface area (Å²) in [4.78, 5) is 14.2. The minimum atomic E-state index is -0.240. The van der Waals surface area contributed by atoms with Gasteiger partial charge in [0.1, 0.15) is 11.6 Å². The maximum absolute atomic E-state index is 13.6. The average molecular weight is 327 g/mol. The molecule has 126 valence electrons. The highest BCUT2D eigenvalue weighted by molar-refractivity contribution is 5.76. The molecule has 0 aliphatic carbocycles. The smallest absolute Gasteiger partial charge is 0.222 e. The molecule has 1 saturated heterocycles. The number of aryl methyl sites for hydroxylation is 1. The first-order chi connectivity index (χ1) is 11.6. The zero-order valence-corrected chi connectivity index (χ0v) is 13.6. The topological polar surface area (TPSA) is 40.5 Å². The summed E-state index contributed by atoms with van der Waals surface area (Å²) in [7, 11) is 0. The first-order valence-electron chi connectivity index (χ1n) is 8.43. The van der Waals surface area contributed by atoms with Crippen LogP contribution in [0.3, 0.4) is 0 Å². The monoisotopic (exact) mass is 327 g/mol. The first kappa shape index (κ1) is 16.5. The number of hydrogen-bond acceptors (Lipinski definition) is 2. The Morgan fingerprint density at radius 1 is 1.08 bits per heavy atom. The van der Waals surface area contributed by atoms with Gasteiger partial charge in [-0.1, -0.05) is 30.3 Å². The van der Waals surface area contributed by atoms with E-state index in [9.17, 15) is 14.3 Å². The zero-order valence-electron chi connectivity index (χ0n) is 13.6. The number of piperidine rings is 1. The molecule has 1 aliphatic rings. The van der Waals surface area contributed by atoms with Gasteiger partial charge in [-0.2, -0.15) is 0 Å². The maximum Gasteiger partial charge on any atom is 0.222 e. The van der Waals surface area contributed by atoms with Gasteiger partial charge < -0.3 is 10.0 Å². The fourth-order valence-electron chi connectivity index (χ4n) is 3.31. The van der Waals surface area contributed by atoms with Gasteiger partial charge in [0, 0.05) is 19.5 Å². The molecule has 1 N–H and O–H groups in total. The fourth-order valence-corrected chi connectivity index (χ4v) is 3.31. The van der Waals surface area contributed by atoms with Gasteiger partial charge in [-0.3, -0.25) is 4.79 Å². The number of aromatic hydroxyl groups is 1. The van der Waals surface area contributed by atoms with Crippen LogP contribution in [0.5, 0.6) is 5.75 Å². The minimum absolute atomic E-state index is 0.0995. The lowest BCUT2D eigenvalue weighted by molar-refractivity contribution is -0.132. The van der Waals surface area contributed by atoms with Crippen LogP contribution in [0, 0.1) is 5.82 Å². The molecular weight excluding hydrogens is 305 g/mol. The highest BCUT2D eigenvalue weighted by Gasteiger charge is 2.23. The van der Waals surface area contributed by atoms with Crippen LogP contribution in [0.4, 0.5) is 4.39 Å². The predicted molar refractivity (Wildman–Crippen MR) is 91.4 cm³/mol. The standard InChI is InChI=1S/C20H22FNO2/c21-19-4-2-1-3-17(19)7-10-20(24)22-13-11-16(12-14-22)15-5-8-18(23)9-6-15/h1-6,8-9,16,23H,7,10-14H2. The SMILES string of the molecule is O=C(CCc1ccccc1F)N1CCC(c2ccc(O)cc2)CC1. The van der Waals surface area contributed by atoms with E-state index in [1.807, 2.05) is 17.0 Å². The first-order valence-corrected chi connectivity index (χ1v) is 8.43. The lowest BCUT2D eigenvalue weighted by Crippen LogP contribution is -2.38. The number of nitrogens with zero attached hydrogens (tertiary/aromatic N) is 1. The molecule has 4 heteroatoms. The number of benzene rings is 2. The number of likely N-dealkylation sites (tertiary alicyclic amines) is 1. The van der Waals surface area contributed by atoms with Crippen LogP contribution in [-0.4, -0.2) is 29.0 Å². The van der Waals surface area contributed by atoms with E-state index in [0.29, 0.717) is 24.3 Å². The van der Waals surface area contributed by atoms with Crippen molar-refractivity contribution in [1.29, 1.82) is 0 Å². The lowest BCUT2D eigenvalue weighted by atomic mass is 9.89. The summed E-state index contributed by atoms with van der Waals surface area (Å²) in [6, 6.07) is 14.0. The molecule has 0 unspecified atom stereocenters. The van der Waals surface area contributed by atoms with Crippen molar-refractivity contribution >= 4 is 5.91 Å². The summed E-state index contributed by atoms with van der Waals surface area (Å²) >= 11 is 0. The Morgan fingerprint density at radius 3 is 2.42 bits per heavy atom. The molecule has 0 spiro atoms. The fraction of sp³-hybridized carbons (Fsp3) is 0.350. The highest BCUT2D eigenvalue weighted by atomic mass is 19.1. The second kappa shape index (κ2) is 7.47. The van der Waals surface area contributed by atoms with E-state index >= 15 is 0 Å². The summed E-state index contributed by atoms with van der Waals surface area (Å²) in [5, 5.41) is 9.36. The molecule has 1 aliphatic heterocycles. The van der Waals surface area contributed by atoms with E-state index in [-0.39, 0.29) is 17.5 Å². The van der Waals surface area contributed by atoms with Crippen molar-refractivity contribution in [2.75, 3.05) is 13.1 Å². The molecule has 0 aromatic heterocycles. The molecule has 1 fully saturated rings. The van der Waals surface area contributed by atoms with Gasteiger partial charge >= 0.3 is 0 Å². The Labute approximate surface area is 141 Å². The van der Waals surface area contributed by atoms with Crippen molar-refractivity contribution in [3.05, 3.63) is 65.5 Å². The third kappa shape index (κ3) is 3.94. The van der Waals surface area contributed by atoms with Crippen molar-refractivity contribution in [2.24, 2.45) is 0 Å². The van der Waals surface area contributed by atoms with E-state index in [0.717, 1.165) is 25.9 Å². The number of carbonyl (C=O) groups excluding carboxylic acids is 1. The van der Waals surface area contributed by atoms with E-state index in [1.165, 1.54) is 11.6 Å². The largest absolute Gasteiger partial charge is 0.508 e. The van der Waals surface area contributed by atoms with E-state index in [2.05, 4.69) is 0 Å². The number of carbonyl (C=O) groups is 1. The van der Waals surface area contributed by atoms with E-state index in [4.69, 9.17) is 0 Å². The van der Waals surface area contributed by atoms with Gasteiger partial charge in [0.15, 0.2) is 0 Å². The molecule has 2 aromatic rings. The molecule has 3 rings (SSSR count). The summed E-state index contributed by atoms with van der Waals surface area (Å²) < 4.78 is 13.6. The van der Waals surface area contributed by atoms with Gasteiger partial charge in [0.05, 0.1) is 0 Å².